The molecule has 0 unspecified atom stereocenters. The Balaban J connectivity index is 1.78. The third-order valence-corrected chi connectivity index (χ3v) is 6.37. The zero-order chi connectivity index (χ0) is 25.4. The smallest absolute Gasteiger partial charge is 0.263 e. The predicted octanol–water partition coefficient (Wildman–Crippen LogP) is 4.03. The van der Waals surface area contributed by atoms with Gasteiger partial charge in [0.2, 0.25) is 0 Å². The Morgan fingerprint density at radius 1 is 1.11 bits per heavy atom. The van der Waals surface area contributed by atoms with Crippen molar-refractivity contribution >= 4 is 33.7 Å². The Morgan fingerprint density at radius 3 is 2.69 bits per heavy atom. The SMILES string of the molecule is CCc1ccccc1-n1c(Cn2nc(/C=C\[C@@H](C)O)c3c(N)ncnc32)cc2cccc(C)c2c1=O. The molecule has 0 saturated carbocycles. The number of fused-ring (bicyclic) bond motifs is 2. The third kappa shape index (κ3) is 4.05. The van der Waals surface area contributed by atoms with Gasteiger partial charge >= 0.3 is 0 Å². The molecule has 5 rings (SSSR count). The summed E-state index contributed by atoms with van der Waals surface area (Å²) in [6.07, 6.45) is 4.89. The van der Waals surface area contributed by atoms with Crippen LogP contribution >= 0.6 is 0 Å². The zero-order valence-electron chi connectivity index (χ0n) is 20.5. The van der Waals surface area contributed by atoms with Crippen molar-refractivity contribution in [3.63, 3.8) is 0 Å². The molecule has 0 amide bonds. The maximum Gasteiger partial charge on any atom is 0.263 e. The van der Waals surface area contributed by atoms with Gasteiger partial charge in [-0.15, -0.1) is 0 Å². The maximum absolute atomic E-state index is 14.0. The van der Waals surface area contributed by atoms with Gasteiger partial charge in [0.25, 0.3) is 5.56 Å². The van der Waals surface area contributed by atoms with E-state index in [0.717, 1.165) is 34.3 Å². The summed E-state index contributed by atoms with van der Waals surface area (Å²) in [4.78, 5) is 22.6. The summed E-state index contributed by atoms with van der Waals surface area (Å²) in [7, 11) is 0. The Bertz CT molecular complexity index is 1680. The van der Waals surface area contributed by atoms with E-state index in [1.807, 2.05) is 55.5 Å². The van der Waals surface area contributed by atoms with E-state index in [9.17, 15) is 9.90 Å². The maximum atomic E-state index is 14.0. The van der Waals surface area contributed by atoms with Crippen LogP contribution in [-0.2, 0) is 13.0 Å². The molecule has 3 N–H and O–H groups in total. The normalized spacial score (nSPS) is 12.7. The number of hydrogen-bond donors (Lipinski definition) is 2. The molecule has 0 radical (unpaired) electrons. The van der Waals surface area contributed by atoms with Crippen molar-refractivity contribution < 1.29 is 5.11 Å². The van der Waals surface area contributed by atoms with E-state index in [0.29, 0.717) is 27.9 Å². The third-order valence-electron chi connectivity index (χ3n) is 6.37. The second kappa shape index (κ2) is 9.39. The van der Waals surface area contributed by atoms with Crippen LogP contribution in [0.3, 0.4) is 0 Å². The van der Waals surface area contributed by atoms with Gasteiger partial charge in [0, 0.05) is 5.69 Å². The van der Waals surface area contributed by atoms with E-state index in [2.05, 4.69) is 16.9 Å². The predicted molar refractivity (Wildman–Crippen MR) is 143 cm³/mol. The molecule has 182 valence electrons. The first-order chi connectivity index (χ1) is 17.4. The fraction of sp³-hybridized carbons (Fsp3) is 0.214. The number of benzene rings is 2. The Labute approximate surface area is 208 Å². The summed E-state index contributed by atoms with van der Waals surface area (Å²) >= 11 is 0. The molecule has 36 heavy (non-hydrogen) atoms. The van der Waals surface area contributed by atoms with E-state index in [-0.39, 0.29) is 12.1 Å². The van der Waals surface area contributed by atoms with Crippen LogP contribution in [0.2, 0.25) is 0 Å². The minimum atomic E-state index is -0.643. The lowest BCUT2D eigenvalue weighted by molar-refractivity contribution is 0.245. The number of nitrogen functional groups attached to an aromatic ring is 1. The lowest BCUT2D eigenvalue weighted by Crippen LogP contribution is -2.25. The summed E-state index contributed by atoms with van der Waals surface area (Å²) in [6.45, 7) is 5.99. The summed E-state index contributed by atoms with van der Waals surface area (Å²) in [5.41, 5.74) is 10.9. The van der Waals surface area contributed by atoms with Crippen molar-refractivity contribution in [3.8, 4) is 5.69 Å². The molecule has 0 fully saturated rings. The van der Waals surface area contributed by atoms with E-state index >= 15 is 0 Å². The number of anilines is 1. The highest BCUT2D eigenvalue weighted by Gasteiger charge is 2.19. The van der Waals surface area contributed by atoms with Crippen LogP contribution in [0.15, 0.2) is 65.7 Å². The van der Waals surface area contributed by atoms with Gasteiger partial charge < -0.3 is 10.8 Å². The topological polar surface area (TPSA) is 112 Å². The highest BCUT2D eigenvalue weighted by molar-refractivity contribution is 5.92. The number of pyridine rings is 1. The second-order valence-electron chi connectivity index (χ2n) is 8.90. The standard InChI is InChI=1S/C28H28N6O2/c1-4-19-9-5-6-11-23(19)34-21(14-20-10-7-8-17(2)24(20)28(34)36)15-33-27-25(26(29)30-16-31-27)22(32-33)13-12-18(3)35/h5-14,16,18,35H,4,15H2,1-3H3,(H2,29,30,31)/b13-12-/t18-/m1/s1. The van der Waals surface area contributed by atoms with Gasteiger partial charge in [0.1, 0.15) is 12.1 Å². The largest absolute Gasteiger partial charge is 0.389 e. The zero-order valence-corrected chi connectivity index (χ0v) is 20.5. The van der Waals surface area contributed by atoms with Gasteiger partial charge in [-0.1, -0.05) is 49.4 Å². The van der Waals surface area contributed by atoms with Gasteiger partial charge in [0.15, 0.2) is 5.65 Å². The van der Waals surface area contributed by atoms with Crippen molar-refractivity contribution in [3.05, 3.63) is 93.8 Å². The van der Waals surface area contributed by atoms with Crippen molar-refractivity contribution in [2.75, 3.05) is 5.73 Å². The highest BCUT2D eigenvalue weighted by atomic mass is 16.3. The lowest BCUT2D eigenvalue weighted by atomic mass is 10.0. The van der Waals surface area contributed by atoms with Crippen LogP contribution in [-0.4, -0.2) is 35.5 Å². The average molecular weight is 481 g/mol. The first-order valence-electron chi connectivity index (χ1n) is 11.9. The van der Waals surface area contributed by atoms with Crippen LogP contribution in [0, 0.1) is 6.92 Å². The Kier molecular flexibility index (Phi) is 6.12. The number of aryl methyl sites for hydroxylation is 2. The van der Waals surface area contributed by atoms with Gasteiger partial charge in [-0.05, 0) is 55.0 Å². The van der Waals surface area contributed by atoms with Crippen molar-refractivity contribution in [2.24, 2.45) is 0 Å². The number of nitrogens with two attached hydrogens (primary N) is 1. The molecule has 0 saturated heterocycles. The van der Waals surface area contributed by atoms with Crippen LogP contribution in [0.25, 0.3) is 33.6 Å². The lowest BCUT2D eigenvalue weighted by Gasteiger charge is -2.18. The monoisotopic (exact) mass is 480 g/mol. The number of aliphatic hydroxyl groups excluding tert-OH is 1. The van der Waals surface area contributed by atoms with Crippen molar-refractivity contribution in [1.29, 1.82) is 0 Å². The quantitative estimate of drug-likeness (QED) is 0.380. The van der Waals surface area contributed by atoms with Crippen LogP contribution in [0.1, 0.15) is 36.4 Å². The summed E-state index contributed by atoms with van der Waals surface area (Å²) in [6, 6.07) is 15.9. The Hall–Kier alpha value is -4.30. The molecule has 0 aliphatic heterocycles. The van der Waals surface area contributed by atoms with Gasteiger partial charge in [-0.2, -0.15) is 5.10 Å². The molecule has 8 nitrogen and oxygen atoms in total. The fourth-order valence-electron chi connectivity index (χ4n) is 4.67. The molecule has 0 spiro atoms. The minimum Gasteiger partial charge on any atom is -0.389 e. The second-order valence-corrected chi connectivity index (χ2v) is 8.90. The van der Waals surface area contributed by atoms with E-state index in [4.69, 9.17) is 10.8 Å². The molecule has 8 heteroatoms. The molecule has 0 aliphatic carbocycles. The fourth-order valence-corrected chi connectivity index (χ4v) is 4.67. The van der Waals surface area contributed by atoms with Crippen LogP contribution < -0.4 is 11.3 Å². The van der Waals surface area contributed by atoms with Gasteiger partial charge in [0.05, 0.1) is 34.8 Å². The average Bonchev–Trinajstić information content (AvgIpc) is 3.21. The molecule has 0 aliphatic rings. The summed E-state index contributed by atoms with van der Waals surface area (Å²) < 4.78 is 3.52. The molecule has 3 aromatic heterocycles. The molecule has 1 atom stereocenters. The van der Waals surface area contributed by atoms with E-state index in [1.165, 1.54) is 6.33 Å². The first-order valence-corrected chi connectivity index (χ1v) is 11.9. The van der Waals surface area contributed by atoms with E-state index < -0.39 is 6.10 Å². The number of aliphatic hydroxyl groups is 1. The number of aromatic nitrogens is 5. The minimum absolute atomic E-state index is 0.0682. The van der Waals surface area contributed by atoms with Crippen molar-refractivity contribution in [2.45, 2.75) is 39.8 Å². The van der Waals surface area contributed by atoms with Gasteiger partial charge in [-0.25, -0.2) is 14.6 Å². The molecule has 0 bridgehead atoms. The Morgan fingerprint density at radius 2 is 1.92 bits per heavy atom. The van der Waals surface area contributed by atoms with Crippen molar-refractivity contribution in [1.82, 2.24) is 24.3 Å². The molecular weight excluding hydrogens is 452 g/mol. The van der Waals surface area contributed by atoms with E-state index in [1.54, 1.807) is 28.3 Å². The number of rotatable bonds is 6. The number of hydrogen-bond acceptors (Lipinski definition) is 6. The first kappa shape index (κ1) is 23.4. The van der Waals surface area contributed by atoms with Gasteiger partial charge in [-0.3, -0.25) is 9.36 Å². The number of para-hydroxylation sites is 1. The van der Waals surface area contributed by atoms with Crippen LogP contribution in [0.4, 0.5) is 5.82 Å². The summed E-state index contributed by atoms with van der Waals surface area (Å²) in [5.74, 6) is 0.305. The summed E-state index contributed by atoms with van der Waals surface area (Å²) in [5, 5.41) is 16.7. The molecule has 3 heterocycles. The molecule has 5 aromatic rings. The highest BCUT2D eigenvalue weighted by Crippen LogP contribution is 2.26. The molecule has 2 aromatic carbocycles. The number of nitrogens with zero attached hydrogens (tertiary/aromatic N) is 5. The molecular formula is C28H28N6O2. The van der Waals surface area contributed by atoms with Crippen LogP contribution in [0.5, 0.6) is 0 Å².